The first kappa shape index (κ1) is 24.4. The monoisotopic (exact) mass is 491 g/mol. The summed E-state index contributed by atoms with van der Waals surface area (Å²) < 4.78 is 52.5. The lowest BCUT2D eigenvalue weighted by atomic mass is 10.1. The van der Waals surface area contributed by atoms with Crippen LogP contribution >= 0.6 is 0 Å². The van der Waals surface area contributed by atoms with Crippen LogP contribution in [0.2, 0.25) is 0 Å². The minimum Gasteiger partial charge on any atom is -0.490 e. The molecular formula is C24H30FN3O5S. The maximum Gasteiger partial charge on any atom is 0.243 e. The third-order valence-electron chi connectivity index (χ3n) is 6.22. The minimum atomic E-state index is -3.70. The summed E-state index contributed by atoms with van der Waals surface area (Å²) in [5.41, 5.74) is 0.717. The van der Waals surface area contributed by atoms with Gasteiger partial charge in [-0.15, -0.1) is 0 Å². The molecule has 0 unspecified atom stereocenters. The van der Waals surface area contributed by atoms with E-state index in [9.17, 15) is 17.6 Å². The van der Waals surface area contributed by atoms with Crippen molar-refractivity contribution in [1.29, 1.82) is 0 Å². The van der Waals surface area contributed by atoms with Crippen LogP contribution < -0.4 is 9.47 Å². The van der Waals surface area contributed by atoms with Gasteiger partial charge in [0.25, 0.3) is 0 Å². The van der Waals surface area contributed by atoms with Gasteiger partial charge in [0.1, 0.15) is 5.82 Å². The second kappa shape index (κ2) is 10.3. The molecule has 2 heterocycles. The molecule has 1 atom stereocenters. The summed E-state index contributed by atoms with van der Waals surface area (Å²) in [5, 5.41) is 0. The lowest BCUT2D eigenvalue weighted by Crippen LogP contribution is -2.54. The highest BCUT2D eigenvalue weighted by atomic mass is 32.2. The Labute approximate surface area is 199 Å². The molecule has 10 heteroatoms. The summed E-state index contributed by atoms with van der Waals surface area (Å²) in [4.78, 5) is 16.6. The van der Waals surface area contributed by atoms with Crippen molar-refractivity contribution in [3.8, 4) is 11.5 Å². The summed E-state index contributed by atoms with van der Waals surface area (Å²) in [6.45, 7) is 4.57. The number of benzene rings is 2. The van der Waals surface area contributed by atoms with Crippen molar-refractivity contribution < 1.29 is 27.1 Å². The van der Waals surface area contributed by atoms with Gasteiger partial charge in [-0.05, 0) is 36.8 Å². The Morgan fingerprint density at radius 2 is 1.76 bits per heavy atom. The Morgan fingerprint density at radius 1 is 1.06 bits per heavy atom. The highest BCUT2D eigenvalue weighted by Crippen LogP contribution is 2.33. The fourth-order valence-electron chi connectivity index (χ4n) is 4.25. The molecule has 8 nitrogen and oxygen atoms in total. The van der Waals surface area contributed by atoms with Crippen LogP contribution in [0.15, 0.2) is 47.4 Å². The number of likely N-dealkylation sites (N-methyl/N-ethyl adjacent to an activating group) is 1. The van der Waals surface area contributed by atoms with Crippen LogP contribution in [-0.2, 0) is 21.4 Å². The van der Waals surface area contributed by atoms with Gasteiger partial charge in [0.15, 0.2) is 11.5 Å². The van der Waals surface area contributed by atoms with Crippen LogP contribution in [0.25, 0.3) is 0 Å². The first-order valence-electron chi connectivity index (χ1n) is 11.4. The molecule has 1 saturated heterocycles. The van der Waals surface area contributed by atoms with Crippen LogP contribution in [0, 0.1) is 5.82 Å². The molecule has 0 aliphatic carbocycles. The standard InChI is InChI=1S/C24H30FN3O5S/c1-18(24(29)26(2)17-19-5-3-6-20(25)15-19)27-9-11-28(12-10-27)34(30,31)21-7-8-22-23(16-21)33-14-4-13-32-22/h3,5-8,15-16,18H,4,9-14,17H2,1-2H3/t18-/m0/s1. The molecule has 4 rings (SSSR count). The average Bonchev–Trinajstić information content (AvgIpc) is 3.08. The zero-order chi connectivity index (χ0) is 24.3. The van der Waals surface area contributed by atoms with E-state index in [2.05, 4.69) is 0 Å². The number of sulfonamides is 1. The van der Waals surface area contributed by atoms with E-state index < -0.39 is 16.1 Å². The summed E-state index contributed by atoms with van der Waals surface area (Å²) >= 11 is 0. The second-order valence-electron chi connectivity index (χ2n) is 8.60. The van der Waals surface area contributed by atoms with Crippen molar-refractivity contribution in [2.75, 3.05) is 46.4 Å². The van der Waals surface area contributed by atoms with Crippen molar-refractivity contribution in [1.82, 2.24) is 14.1 Å². The van der Waals surface area contributed by atoms with E-state index in [0.29, 0.717) is 49.9 Å². The van der Waals surface area contributed by atoms with Gasteiger partial charge in [-0.3, -0.25) is 9.69 Å². The van der Waals surface area contributed by atoms with E-state index in [1.54, 1.807) is 36.2 Å². The number of halogens is 1. The molecule has 2 aliphatic heterocycles. The van der Waals surface area contributed by atoms with E-state index in [1.165, 1.54) is 22.5 Å². The van der Waals surface area contributed by atoms with Gasteiger partial charge in [0.2, 0.25) is 15.9 Å². The summed E-state index contributed by atoms with van der Waals surface area (Å²) in [6, 6.07) is 10.5. The largest absolute Gasteiger partial charge is 0.490 e. The first-order chi connectivity index (χ1) is 16.3. The fraction of sp³-hybridized carbons (Fsp3) is 0.458. The van der Waals surface area contributed by atoms with E-state index in [1.807, 2.05) is 11.8 Å². The van der Waals surface area contributed by atoms with E-state index >= 15 is 0 Å². The van der Waals surface area contributed by atoms with E-state index in [0.717, 1.165) is 6.42 Å². The number of rotatable bonds is 6. The molecule has 2 aliphatic rings. The fourth-order valence-corrected chi connectivity index (χ4v) is 5.68. The smallest absolute Gasteiger partial charge is 0.243 e. The van der Waals surface area contributed by atoms with Gasteiger partial charge in [0, 0.05) is 52.3 Å². The van der Waals surface area contributed by atoms with Crippen molar-refractivity contribution in [2.45, 2.75) is 30.8 Å². The highest BCUT2D eigenvalue weighted by molar-refractivity contribution is 7.89. The number of piperazine rings is 1. The van der Waals surface area contributed by atoms with Gasteiger partial charge in [-0.1, -0.05) is 12.1 Å². The Morgan fingerprint density at radius 3 is 2.47 bits per heavy atom. The zero-order valence-corrected chi connectivity index (χ0v) is 20.3. The Balaban J connectivity index is 1.36. The molecule has 2 aromatic rings. The number of carbonyl (C=O) groups is 1. The number of amides is 1. The summed E-state index contributed by atoms with van der Waals surface area (Å²) in [6.07, 6.45) is 0.743. The highest BCUT2D eigenvalue weighted by Gasteiger charge is 2.33. The van der Waals surface area contributed by atoms with Gasteiger partial charge in [-0.2, -0.15) is 4.31 Å². The molecule has 0 aromatic heterocycles. The van der Waals surface area contributed by atoms with Crippen LogP contribution in [0.3, 0.4) is 0 Å². The predicted molar refractivity (Wildman–Crippen MR) is 125 cm³/mol. The van der Waals surface area contributed by atoms with Crippen LogP contribution in [0.5, 0.6) is 11.5 Å². The van der Waals surface area contributed by atoms with Crippen molar-refractivity contribution in [3.05, 3.63) is 53.8 Å². The Bertz CT molecular complexity index is 1140. The topological polar surface area (TPSA) is 79.4 Å². The number of nitrogens with zero attached hydrogens (tertiary/aromatic N) is 3. The van der Waals surface area contributed by atoms with Gasteiger partial charge in [0.05, 0.1) is 24.2 Å². The zero-order valence-electron chi connectivity index (χ0n) is 19.4. The van der Waals surface area contributed by atoms with Gasteiger partial charge in [-0.25, -0.2) is 12.8 Å². The molecule has 0 N–H and O–H groups in total. The normalized spacial score (nSPS) is 18.2. The number of fused-ring (bicyclic) bond motifs is 1. The number of hydrogen-bond acceptors (Lipinski definition) is 6. The third-order valence-corrected chi connectivity index (χ3v) is 8.11. The second-order valence-corrected chi connectivity index (χ2v) is 10.5. The molecule has 0 bridgehead atoms. The number of hydrogen-bond donors (Lipinski definition) is 0. The summed E-state index contributed by atoms with van der Waals surface area (Å²) in [5.74, 6) is 0.564. The molecule has 1 fully saturated rings. The molecular weight excluding hydrogens is 461 g/mol. The molecule has 2 aromatic carbocycles. The first-order valence-corrected chi connectivity index (χ1v) is 12.8. The lowest BCUT2D eigenvalue weighted by molar-refractivity contribution is -0.136. The number of ether oxygens (including phenoxy) is 2. The molecule has 0 radical (unpaired) electrons. The van der Waals surface area contributed by atoms with Crippen molar-refractivity contribution in [2.24, 2.45) is 0 Å². The predicted octanol–water partition coefficient (Wildman–Crippen LogP) is 2.34. The SMILES string of the molecule is C[C@@H](C(=O)N(C)Cc1cccc(F)c1)N1CCN(S(=O)(=O)c2ccc3c(c2)OCCCO3)CC1. The molecule has 34 heavy (non-hydrogen) atoms. The third kappa shape index (κ3) is 5.34. The molecule has 0 saturated carbocycles. The van der Waals surface area contributed by atoms with E-state index in [-0.39, 0.29) is 29.7 Å². The summed E-state index contributed by atoms with van der Waals surface area (Å²) in [7, 11) is -2.01. The number of carbonyl (C=O) groups excluding carboxylic acids is 1. The van der Waals surface area contributed by atoms with Crippen LogP contribution in [0.4, 0.5) is 4.39 Å². The quantitative estimate of drug-likeness (QED) is 0.617. The minimum absolute atomic E-state index is 0.0940. The average molecular weight is 492 g/mol. The maximum atomic E-state index is 13.4. The maximum absolute atomic E-state index is 13.4. The van der Waals surface area contributed by atoms with Gasteiger partial charge >= 0.3 is 0 Å². The Kier molecular flexibility index (Phi) is 7.39. The van der Waals surface area contributed by atoms with E-state index in [4.69, 9.17) is 9.47 Å². The lowest BCUT2D eigenvalue weighted by Gasteiger charge is -2.38. The van der Waals surface area contributed by atoms with Crippen molar-refractivity contribution >= 4 is 15.9 Å². The molecule has 184 valence electrons. The van der Waals surface area contributed by atoms with Gasteiger partial charge < -0.3 is 14.4 Å². The van der Waals surface area contributed by atoms with Crippen LogP contribution in [-0.4, -0.2) is 80.9 Å². The molecule has 1 amide bonds. The Hall–Kier alpha value is -2.69. The van der Waals surface area contributed by atoms with Crippen LogP contribution in [0.1, 0.15) is 18.9 Å². The molecule has 0 spiro atoms. The van der Waals surface area contributed by atoms with Crippen molar-refractivity contribution in [3.63, 3.8) is 0 Å².